The number of fused-ring (bicyclic) bond motifs is 2. The summed E-state index contributed by atoms with van der Waals surface area (Å²) in [4.78, 5) is 73.1. The minimum Gasteiger partial charge on any atom is -0.503 e. The lowest BCUT2D eigenvalue weighted by molar-refractivity contribution is -0.275. The number of carboxylic acids is 2. The number of carbonyl (C=O) groups is 6. The largest absolute Gasteiger partial charge is 0.573 e. The number of alkyl halides is 6. The molecule has 0 saturated carbocycles. The standard InChI is InChI=1S/2C23H19F5N2O6/c1-10(22(34)35)9-29-17(31)7-14-11(2)30(16-8-15(24)20(32)19(25)18(14)16)21(33)12-3-5-13(6-4-12)36-23(26,27)28;1-10(7-18(32)33)29-17(31)8-14-11(2)30(16-9-15(24)21(34)20(25)19(14)16)22(35)12-3-5-13(6-4-12)36-23(26,27)28/h3-6,8,10,32H,7,9H2,1-2H3,(H,29,31)(H,34,35);3-6,9-10,34H,7-8H2,1-2H3,(H,29,31)(H,32,33). The Hall–Kier alpha value is -8.32. The van der Waals surface area contributed by atoms with E-state index in [9.17, 15) is 82.9 Å². The second-order valence-corrected chi connectivity index (χ2v) is 15.8. The number of benzene rings is 4. The molecule has 0 aliphatic carbocycles. The van der Waals surface area contributed by atoms with Gasteiger partial charge in [0, 0.05) is 58.0 Å². The maximum atomic E-state index is 14.9. The number of aromatic nitrogens is 2. The highest BCUT2D eigenvalue weighted by Gasteiger charge is 2.33. The number of phenolic OH excluding ortho intramolecular Hbond substituents is 2. The Bertz CT molecular complexity index is 3110. The van der Waals surface area contributed by atoms with Crippen molar-refractivity contribution in [2.75, 3.05) is 6.54 Å². The van der Waals surface area contributed by atoms with Crippen LogP contribution in [0.15, 0.2) is 60.7 Å². The Balaban J connectivity index is 0.000000267. The highest BCUT2D eigenvalue weighted by atomic mass is 19.4. The number of rotatable bonds is 14. The van der Waals surface area contributed by atoms with Crippen molar-refractivity contribution >= 4 is 57.4 Å². The van der Waals surface area contributed by atoms with Gasteiger partial charge in [-0.05, 0) is 80.4 Å². The minimum atomic E-state index is -4.95. The fourth-order valence-electron chi connectivity index (χ4n) is 7.30. The van der Waals surface area contributed by atoms with Gasteiger partial charge in [-0.2, -0.15) is 0 Å². The topological polar surface area (TPSA) is 236 Å². The fourth-order valence-corrected chi connectivity index (χ4v) is 7.30. The van der Waals surface area contributed by atoms with Crippen LogP contribution in [0.1, 0.15) is 63.5 Å². The molecular weight excluding hydrogens is 991 g/mol. The van der Waals surface area contributed by atoms with E-state index in [0.717, 1.165) is 57.7 Å². The number of aromatic hydroxyl groups is 2. The average molecular weight is 1030 g/mol. The fraction of sp³-hybridized carbons (Fsp3) is 0.261. The number of nitrogens with zero attached hydrogens (tertiary/aromatic N) is 2. The van der Waals surface area contributed by atoms with Crippen molar-refractivity contribution < 1.29 is 103 Å². The van der Waals surface area contributed by atoms with Crippen molar-refractivity contribution in [3.63, 3.8) is 0 Å². The number of hydrogen-bond acceptors (Lipinski definition) is 10. The molecule has 16 nitrogen and oxygen atoms in total. The van der Waals surface area contributed by atoms with Gasteiger partial charge in [0.25, 0.3) is 11.8 Å². The first kappa shape index (κ1) is 54.6. The van der Waals surface area contributed by atoms with E-state index < -0.39 is 130 Å². The van der Waals surface area contributed by atoms with Crippen LogP contribution in [-0.2, 0) is 32.0 Å². The lowest BCUT2D eigenvalue weighted by Crippen LogP contribution is -2.35. The number of nitrogens with one attached hydrogen (secondary N) is 2. The van der Waals surface area contributed by atoms with Gasteiger partial charge < -0.3 is 40.5 Å². The minimum absolute atomic E-state index is 0.00375. The normalized spacial score (nSPS) is 12.4. The van der Waals surface area contributed by atoms with Crippen LogP contribution in [0.4, 0.5) is 43.9 Å². The second-order valence-electron chi connectivity index (χ2n) is 15.8. The highest BCUT2D eigenvalue weighted by molar-refractivity contribution is 6.06. The predicted molar refractivity (Wildman–Crippen MR) is 229 cm³/mol. The molecule has 0 fully saturated rings. The van der Waals surface area contributed by atoms with E-state index in [1.54, 1.807) is 0 Å². The summed E-state index contributed by atoms with van der Waals surface area (Å²) < 4.78 is 142. The second kappa shape index (κ2) is 21.4. The third-order valence-corrected chi connectivity index (χ3v) is 10.6. The van der Waals surface area contributed by atoms with Crippen molar-refractivity contribution in [1.82, 2.24) is 19.8 Å². The molecule has 0 aliphatic heterocycles. The van der Waals surface area contributed by atoms with Crippen LogP contribution in [-0.4, -0.2) is 90.4 Å². The number of aliphatic carboxylic acids is 2. The first-order valence-corrected chi connectivity index (χ1v) is 20.6. The summed E-state index contributed by atoms with van der Waals surface area (Å²) in [6, 6.07) is 8.19. The molecule has 2 amide bonds. The zero-order valence-electron chi connectivity index (χ0n) is 37.5. The number of halogens is 10. The third-order valence-electron chi connectivity index (χ3n) is 10.6. The molecule has 0 bridgehead atoms. The lowest BCUT2D eigenvalue weighted by Gasteiger charge is -2.12. The zero-order valence-corrected chi connectivity index (χ0v) is 37.5. The molecule has 4 aromatic carbocycles. The van der Waals surface area contributed by atoms with Crippen molar-refractivity contribution in [3.05, 3.63) is 118 Å². The molecule has 0 spiro atoms. The van der Waals surface area contributed by atoms with E-state index in [4.69, 9.17) is 10.2 Å². The maximum absolute atomic E-state index is 14.9. The monoisotopic (exact) mass is 1030 g/mol. The summed E-state index contributed by atoms with van der Waals surface area (Å²) in [5, 5.41) is 41.3. The molecule has 384 valence electrons. The smallest absolute Gasteiger partial charge is 0.503 e. The first-order chi connectivity index (χ1) is 33.4. The van der Waals surface area contributed by atoms with E-state index in [1.807, 2.05) is 0 Å². The summed E-state index contributed by atoms with van der Waals surface area (Å²) in [7, 11) is 0. The van der Waals surface area contributed by atoms with Gasteiger partial charge >= 0.3 is 24.7 Å². The molecule has 6 aromatic rings. The Morgan fingerprint density at radius 1 is 0.625 bits per heavy atom. The summed E-state index contributed by atoms with van der Waals surface area (Å²) in [6.07, 6.45) is -11.4. The quantitative estimate of drug-likeness (QED) is 0.0571. The molecular formula is C46H38F10N4O12. The molecule has 2 unspecified atom stereocenters. The highest BCUT2D eigenvalue weighted by Crippen LogP contribution is 2.38. The molecule has 0 saturated heterocycles. The van der Waals surface area contributed by atoms with E-state index in [1.165, 1.54) is 27.7 Å². The Morgan fingerprint density at radius 3 is 1.35 bits per heavy atom. The van der Waals surface area contributed by atoms with Crippen LogP contribution in [0, 0.1) is 43.0 Å². The molecule has 26 heteroatoms. The van der Waals surface area contributed by atoms with Crippen molar-refractivity contribution in [2.24, 2.45) is 5.92 Å². The zero-order chi connectivity index (χ0) is 53.9. The van der Waals surface area contributed by atoms with Crippen molar-refractivity contribution in [3.8, 4) is 23.0 Å². The Morgan fingerprint density at radius 2 is 1.00 bits per heavy atom. The maximum Gasteiger partial charge on any atom is 0.573 e. The van der Waals surface area contributed by atoms with Gasteiger partial charge in [-0.25, -0.2) is 17.6 Å². The molecule has 0 radical (unpaired) electrons. The van der Waals surface area contributed by atoms with Gasteiger partial charge in [-0.15, -0.1) is 26.3 Å². The van der Waals surface area contributed by atoms with Crippen LogP contribution in [0.2, 0.25) is 0 Å². The molecule has 2 atom stereocenters. The Kier molecular flexibility index (Phi) is 16.2. The van der Waals surface area contributed by atoms with E-state index >= 15 is 0 Å². The van der Waals surface area contributed by atoms with E-state index in [2.05, 4.69) is 20.1 Å². The summed E-state index contributed by atoms with van der Waals surface area (Å²) in [5.41, 5.74) is -1.16. The predicted octanol–water partition coefficient (Wildman–Crippen LogP) is 7.94. The van der Waals surface area contributed by atoms with Crippen LogP contribution in [0.3, 0.4) is 0 Å². The molecule has 2 heterocycles. The number of amides is 2. The Labute approximate surface area is 398 Å². The summed E-state index contributed by atoms with van der Waals surface area (Å²) in [6.45, 7) is 5.20. The van der Waals surface area contributed by atoms with Gasteiger partial charge in [0.1, 0.15) is 11.5 Å². The van der Waals surface area contributed by atoms with Gasteiger partial charge in [-0.1, -0.05) is 6.92 Å². The van der Waals surface area contributed by atoms with E-state index in [0.29, 0.717) is 12.1 Å². The van der Waals surface area contributed by atoms with E-state index in [-0.39, 0.29) is 57.6 Å². The van der Waals surface area contributed by atoms with Crippen LogP contribution in [0.25, 0.3) is 21.8 Å². The van der Waals surface area contributed by atoms with Gasteiger partial charge in [0.15, 0.2) is 34.8 Å². The molecule has 6 rings (SSSR count). The number of ether oxygens (including phenoxy) is 2. The molecule has 72 heavy (non-hydrogen) atoms. The van der Waals surface area contributed by atoms with Gasteiger partial charge in [0.2, 0.25) is 11.8 Å². The SMILES string of the molecule is Cc1c(CC(=O)NC(C)CC(=O)O)c2c(F)c(O)c(F)cc2n1C(=O)c1ccc(OC(F)(F)F)cc1.Cc1c(CC(=O)NCC(C)C(=O)O)c2c(F)c(O)c(F)cc2n1C(=O)c1ccc(OC(F)(F)F)cc1. The van der Waals surface area contributed by atoms with Crippen LogP contribution in [0.5, 0.6) is 23.0 Å². The van der Waals surface area contributed by atoms with Crippen molar-refractivity contribution in [1.29, 1.82) is 0 Å². The number of hydrogen-bond donors (Lipinski definition) is 6. The number of carbonyl (C=O) groups excluding carboxylic acids is 4. The summed E-state index contributed by atoms with van der Waals surface area (Å²) >= 11 is 0. The summed E-state index contributed by atoms with van der Waals surface area (Å²) in [5.74, 6) is -15.9. The lowest BCUT2D eigenvalue weighted by atomic mass is 10.1. The van der Waals surface area contributed by atoms with Gasteiger partial charge in [-0.3, -0.25) is 37.9 Å². The van der Waals surface area contributed by atoms with Crippen LogP contribution >= 0.6 is 0 Å². The first-order valence-electron chi connectivity index (χ1n) is 20.6. The average Bonchev–Trinajstić information content (AvgIpc) is 3.70. The molecule has 2 aromatic heterocycles. The molecule has 0 aliphatic rings. The van der Waals surface area contributed by atoms with Gasteiger partial charge in [0.05, 0.1) is 36.2 Å². The number of carboxylic acid groups (broad SMARTS) is 2. The number of phenols is 2. The molecule has 6 N–H and O–H groups in total. The van der Waals surface area contributed by atoms with Crippen molar-refractivity contribution in [2.45, 2.75) is 65.7 Å². The third kappa shape index (κ3) is 12.5. The van der Waals surface area contributed by atoms with Crippen LogP contribution < -0.4 is 20.1 Å².